The van der Waals surface area contributed by atoms with E-state index in [1.165, 1.54) is 0 Å². The van der Waals surface area contributed by atoms with Gasteiger partial charge in [0.2, 0.25) is 0 Å². The third kappa shape index (κ3) is 4.14. The van der Waals surface area contributed by atoms with Crippen molar-refractivity contribution in [2.75, 3.05) is 36.0 Å². The molecule has 1 N–H and O–H groups in total. The summed E-state index contributed by atoms with van der Waals surface area (Å²) in [5.74, 6) is 2.58. The maximum absolute atomic E-state index is 10.2. The van der Waals surface area contributed by atoms with Crippen LogP contribution in [0.4, 0.5) is 11.6 Å². The number of aromatic nitrogens is 4. The highest BCUT2D eigenvalue weighted by Crippen LogP contribution is 2.30. The number of rotatable bonds is 4. The molecule has 0 atom stereocenters. The lowest BCUT2D eigenvalue weighted by Crippen LogP contribution is -2.47. The van der Waals surface area contributed by atoms with Crippen LogP contribution < -0.4 is 9.80 Å². The number of imidazole rings is 1. The monoisotopic (exact) mass is 462 g/mol. The first-order valence-electron chi connectivity index (χ1n) is 11.1. The lowest BCUT2D eigenvalue weighted by atomic mass is 10.0. The van der Waals surface area contributed by atoms with Gasteiger partial charge in [0.15, 0.2) is 5.82 Å². The maximum atomic E-state index is 10.2. The van der Waals surface area contributed by atoms with Crippen LogP contribution in [0.1, 0.15) is 19.4 Å². The molecule has 0 spiro atoms. The first-order chi connectivity index (χ1) is 15.8. The first kappa shape index (κ1) is 21.7. The van der Waals surface area contributed by atoms with Crippen LogP contribution in [0.2, 0.25) is 5.02 Å². The van der Waals surface area contributed by atoms with E-state index in [0.717, 1.165) is 60.2 Å². The number of pyridine rings is 2. The Hall–Kier alpha value is -3.16. The quantitative estimate of drug-likeness (QED) is 0.489. The Morgan fingerprint density at radius 1 is 0.879 bits per heavy atom. The van der Waals surface area contributed by atoms with Crippen molar-refractivity contribution >= 4 is 34.3 Å². The van der Waals surface area contributed by atoms with Gasteiger partial charge in [-0.15, -0.1) is 0 Å². The van der Waals surface area contributed by atoms with Gasteiger partial charge in [-0.3, -0.25) is 0 Å². The molecule has 0 saturated carbocycles. The van der Waals surface area contributed by atoms with Gasteiger partial charge < -0.3 is 19.5 Å². The summed E-state index contributed by atoms with van der Waals surface area (Å²) in [6.07, 6.45) is 1.76. The SMILES string of the molecule is Cn1c(-c2nc(N3CCN(c4ccc(C(C)(C)O)cn4)CC3)ccc2Cl)nc2ccccc21. The molecule has 4 aromatic rings. The molecule has 0 amide bonds. The number of aliphatic hydroxyl groups is 1. The highest BCUT2D eigenvalue weighted by Gasteiger charge is 2.22. The first-order valence-corrected chi connectivity index (χ1v) is 11.5. The average Bonchev–Trinajstić information content (AvgIpc) is 3.15. The minimum absolute atomic E-state index is 0.590. The van der Waals surface area contributed by atoms with Crippen molar-refractivity contribution in [3.8, 4) is 11.5 Å². The predicted molar refractivity (Wildman–Crippen MR) is 133 cm³/mol. The summed E-state index contributed by atoms with van der Waals surface area (Å²) in [7, 11) is 1.99. The number of halogens is 1. The number of nitrogens with zero attached hydrogens (tertiary/aromatic N) is 6. The highest BCUT2D eigenvalue weighted by atomic mass is 35.5. The van der Waals surface area contributed by atoms with Crippen molar-refractivity contribution in [2.24, 2.45) is 7.05 Å². The van der Waals surface area contributed by atoms with Gasteiger partial charge in [-0.1, -0.05) is 29.8 Å². The Labute approximate surface area is 198 Å². The summed E-state index contributed by atoms with van der Waals surface area (Å²) in [6.45, 7) is 6.85. The molecule has 7 nitrogen and oxygen atoms in total. The number of anilines is 2. The molecule has 1 saturated heterocycles. The number of benzene rings is 1. The summed E-state index contributed by atoms with van der Waals surface area (Å²) >= 11 is 6.55. The molecule has 33 heavy (non-hydrogen) atoms. The lowest BCUT2D eigenvalue weighted by Gasteiger charge is -2.36. The van der Waals surface area contributed by atoms with E-state index in [-0.39, 0.29) is 0 Å². The zero-order valence-electron chi connectivity index (χ0n) is 19.0. The van der Waals surface area contributed by atoms with Crippen LogP contribution in [0.5, 0.6) is 0 Å². The third-order valence-corrected chi connectivity index (χ3v) is 6.52. The number of fused-ring (bicyclic) bond motifs is 1. The number of hydrogen-bond acceptors (Lipinski definition) is 6. The van der Waals surface area contributed by atoms with E-state index in [1.807, 2.05) is 60.1 Å². The summed E-state index contributed by atoms with van der Waals surface area (Å²) < 4.78 is 2.04. The largest absolute Gasteiger partial charge is 0.386 e. The molecule has 5 rings (SSSR count). The second-order valence-electron chi connectivity index (χ2n) is 8.92. The van der Waals surface area contributed by atoms with Crippen molar-refractivity contribution in [1.82, 2.24) is 19.5 Å². The van der Waals surface area contributed by atoms with Crippen molar-refractivity contribution in [3.63, 3.8) is 0 Å². The fourth-order valence-electron chi connectivity index (χ4n) is 4.22. The van der Waals surface area contributed by atoms with Crippen LogP contribution in [0, 0.1) is 0 Å². The predicted octanol–water partition coefficient (Wildman–Crippen LogP) is 4.24. The van der Waals surface area contributed by atoms with Gasteiger partial charge in [0.1, 0.15) is 17.3 Å². The minimum atomic E-state index is -0.888. The maximum Gasteiger partial charge on any atom is 0.161 e. The fourth-order valence-corrected chi connectivity index (χ4v) is 4.41. The standard InChI is InChI=1S/C25H27ClN6O/c1-25(2,33)17-8-10-21(27-16-17)31-12-14-32(15-13-31)22-11-9-18(26)23(29-22)24-28-19-6-4-5-7-20(19)30(24)3/h4-11,16,33H,12-15H2,1-3H3. The van der Waals surface area contributed by atoms with E-state index in [0.29, 0.717) is 10.7 Å². The molecule has 0 unspecified atom stereocenters. The van der Waals surface area contributed by atoms with Crippen molar-refractivity contribution in [3.05, 3.63) is 65.3 Å². The molecule has 0 aliphatic carbocycles. The molecule has 1 aliphatic heterocycles. The topological polar surface area (TPSA) is 70.3 Å². The molecule has 0 bridgehead atoms. The van der Waals surface area contributed by atoms with E-state index >= 15 is 0 Å². The Morgan fingerprint density at radius 2 is 1.55 bits per heavy atom. The van der Waals surface area contributed by atoms with E-state index in [1.54, 1.807) is 20.0 Å². The summed E-state index contributed by atoms with van der Waals surface area (Å²) in [6, 6.07) is 15.8. The summed E-state index contributed by atoms with van der Waals surface area (Å²) in [4.78, 5) is 18.8. The van der Waals surface area contributed by atoms with Crippen LogP contribution in [0.25, 0.3) is 22.6 Å². The zero-order chi connectivity index (χ0) is 23.2. The number of hydrogen-bond donors (Lipinski definition) is 1. The van der Waals surface area contributed by atoms with E-state index in [9.17, 15) is 5.11 Å². The molecular weight excluding hydrogens is 436 g/mol. The second kappa shape index (κ2) is 8.32. The van der Waals surface area contributed by atoms with Gasteiger partial charge >= 0.3 is 0 Å². The van der Waals surface area contributed by atoms with Crippen molar-refractivity contribution in [1.29, 1.82) is 0 Å². The van der Waals surface area contributed by atoms with Crippen LogP contribution in [-0.4, -0.2) is 50.8 Å². The number of piperazine rings is 1. The Morgan fingerprint density at radius 3 is 2.18 bits per heavy atom. The normalized spacial score (nSPS) is 14.8. The minimum Gasteiger partial charge on any atom is -0.386 e. The molecule has 1 aliphatic rings. The zero-order valence-corrected chi connectivity index (χ0v) is 19.8. The third-order valence-electron chi connectivity index (χ3n) is 6.21. The van der Waals surface area contributed by atoms with Gasteiger partial charge in [0.25, 0.3) is 0 Å². The van der Waals surface area contributed by atoms with Crippen molar-refractivity contribution in [2.45, 2.75) is 19.4 Å². The summed E-state index contributed by atoms with van der Waals surface area (Å²) in [5.41, 5.74) is 2.59. The lowest BCUT2D eigenvalue weighted by molar-refractivity contribution is 0.0782. The molecule has 0 radical (unpaired) electrons. The summed E-state index contributed by atoms with van der Waals surface area (Å²) in [5, 5.41) is 10.7. The Bertz CT molecular complexity index is 1290. The Balaban J connectivity index is 1.35. The van der Waals surface area contributed by atoms with Crippen LogP contribution in [0.3, 0.4) is 0 Å². The van der Waals surface area contributed by atoms with Gasteiger partial charge in [0.05, 0.1) is 21.7 Å². The molecule has 1 fully saturated rings. The number of para-hydroxylation sites is 2. The van der Waals surface area contributed by atoms with Crippen LogP contribution >= 0.6 is 11.6 Å². The molecular formula is C25H27ClN6O. The highest BCUT2D eigenvalue weighted by molar-refractivity contribution is 6.33. The van der Waals surface area contributed by atoms with Crippen molar-refractivity contribution < 1.29 is 5.11 Å². The van der Waals surface area contributed by atoms with E-state index in [2.05, 4.69) is 14.8 Å². The van der Waals surface area contributed by atoms with E-state index in [4.69, 9.17) is 21.6 Å². The molecule has 1 aromatic carbocycles. The smallest absolute Gasteiger partial charge is 0.161 e. The van der Waals surface area contributed by atoms with Gasteiger partial charge in [0, 0.05) is 45.0 Å². The second-order valence-corrected chi connectivity index (χ2v) is 9.33. The molecule has 170 valence electrons. The Kier molecular flexibility index (Phi) is 5.46. The van der Waals surface area contributed by atoms with Gasteiger partial charge in [-0.2, -0.15) is 0 Å². The van der Waals surface area contributed by atoms with Gasteiger partial charge in [-0.05, 0) is 44.2 Å². The fraction of sp³-hybridized carbons (Fsp3) is 0.320. The van der Waals surface area contributed by atoms with Crippen LogP contribution in [0.15, 0.2) is 54.7 Å². The average molecular weight is 463 g/mol. The molecule has 8 heteroatoms. The van der Waals surface area contributed by atoms with Gasteiger partial charge in [-0.25, -0.2) is 15.0 Å². The molecule has 4 heterocycles. The van der Waals surface area contributed by atoms with E-state index < -0.39 is 5.60 Å². The molecule has 3 aromatic heterocycles. The number of aryl methyl sites for hydroxylation is 1. The van der Waals surface area contributed by atoms with Crippen LogP contribution in [-0.2, 0) is 12.6 Å².